The van der Waals surface area contributed by atoms with Crippen LogP contribution in [0.25, 0.3) is 6.08 Å². The van der Waals surface area contributed by atoms with Crippen LogP contribution in [0.2, 0.25) is 0 Å². The highest BCUT2D eigenvalue weighted by atomic mass is 32.2. The van der Waals surface area contributed by atoms with E-state index in [9.17, 15) is 13.2 Å². The molecule has 1 saturated heterocycles. The first kappa shape index (κ1) is 32.8. The Kier molecular flexibility index (Phi) is 10.8. The molecular weight excluding hydrogens is 621 g/mol. The Balaban J connectivity index is 1.16. The molecule has 0 radical (unpaired) electrons. The van der Waals surface area contributed by atoms with Crippen molar-refractivity contribution in [2.45, 2.75) is 10.9 Å². The van der Waals surface area contributed by atoms with E-state index in [-0.39, 0.29) is 16.0 Å². The third kappa shape index (κ3) is 7.99. The number of hydrogen-bond donors (Lipinski definition) is 2. The highest BCUT2D eigenvalue weighted by Crippen LogP contribution is 2.31. The molecule has 0 spiro atoms. The molecule has 238 valence electrons. The number of hydrogen-bond acceptors (Lipinski definition) is 7. The highest BCUT2D eigenvalue weighted by Gasteiger charge is 2.32. The van der Waals surface area contributed by atoms with E-state index >= 15 is 0 Å². The number of sulfonamides is 1. The normalized spacial score (nSPS) is 14.2. The topological polar surface area (TPSA) is 100 Å². The van der Waals surface area contributed by atoms with Crippen LogP contribution in [0.15, 0.2) is 114 Å². The molecular formula is C35H36N4O5S2. The molecule has 1 aliphatic heterocycles. The summed E-state index contributed by atoms with van der Waals surface area (Å²) in [6, 6.07) is 32.3. The lowest BCUT2D eigenvalue weighted by Gasteiger charge is -2.39. The second kappa shape index (κ2) is 15.2. The van der Waals surface area contributed by atoms with E-state index in [1.165, 1.54) is 21.5 Å². The molecule has 0 aromatic heterocycles. The number of amides is 1. The van der Waals surface area contributed by atoms with Crippen LogP contribution >= 0.6 is 12.2 Å². The van der Waals surface area contributed by atoms with Crippen LogP contribution in [0, 0.1) is 0 Å². The van der Waals surface area contributed by atoms with Crippen LogP contribution in [0.1, 0.15) is 22.7 Å². The maximum atomic E-state index is 13.5. The maximum absolute atomic E-state index is 13.5. The first-order chi connectivity index (χ1) is 22.3. The van der Waals surface area contributed by atoms with Crippen molar-refractivity contribution in [3.05, 3.63) is 126 Å². The molecule has 2 N–H and O–H groups in total. The Bertz CT molecular complexity index is 1740. The summed E-state index contributed by atoms with van der Waals surface area (Å²) in [4.78, 5) is 14.9. The summed E-state index contributed by atoms with van der Waals surface area (Å²) in [5.41, 5.74) is 3.65. The summed E-state index contributed by atoms with van der Waals surface area (Å²) < 4.78 is 39.1. The van der Waals surface area contributed by atoms with Gasteiger partial charge in [-0.2, -0.15) is 4.31 Å². The number of rotatable bonds is 10. The largest absolute Gasteiger partial charge is 0.493 e. The van der Waals surface area contributed by atoms with E-state index in [0.717, 1.165) is 5.56 Å². The number of piperazine rings is 1. The monoisotopic (exact) mass is 656 g/mol. The Morgan fingerprint density at radius 1 is 0.804 bits per heavy atom. The first-order valence-corrected chi connectivity index (χ1v) is 16.6. The second-order valence-corrected chi connectivity index (χ2v) is 12.9. The van der Waals surface area contributed by atoms with Crippen molar-refractivity contribution in [3.8, 4) is 11.5 Å². The number of ether oxygens (including phenoxy) is 2. The van der Waals surface area contributed by atoms with Gasteiger partial charge in [0.05, 0.1) is 25.2 Å². The fourth-order valence-corrected chi connectivity index (χ4v) is 7.03. The van der Waals surface area contributed by atoms with Crippen LogP contribution < -0.4 is 20.1 Å². The van der Waals surface area contributed by atoms with Gasteiger partial charge in [0.25, 0.3) is 0 Å². The second-order valence-electron chi connectivity index (χ2n) is 10.6. The molecule has 0 atom stereocenters. The van der Waals surface area contributed by atoms with Gasteiger partial charge in [0.2, 0.25) is 15.9 Å². The van der Waals surface area contributed by atoms with Crippen LogP contribution in [-0.4, -0.2) is 69.0 Å². The third-order valence-electron chi connectivity index (χ3n) is 7.69. The van der Waals surface area contributed by atoms with E-state index in [0.29, 0.717) is 43.4 Å². The Morgan fingerprint density at radius 3 is 1.96 bits per heavy atom. The minimum Gasteiger partial charge on any atom is -0.493 e. The van der Waals surface area contributed by atoms with E-state index in [1.807, 2.05) is 36.4 Å². The van der Waals surface area contributed by atoms with Gasteiger partial charge in [-0.1, -0.05) is 66.7 Å². The van der Waals surface area contributed by atoms with Crippen molar-refractivity contribution < 1.29 is 22.7 Å². The Hall–Kier alpha value is -4.55. The Morgan fingerprint density at radius 2 is 1.39 bits per heavy atom. The summed E-state index contributed by atoms with van der Waals surface area (Å²) in [7, 11) is -0.603. The number of anilines is 1. The van der Waals surface area contributed by atoms with Gasteiger partial charge in [0.15, 0.2) is 16.6 Å². The predicted molar refractivity (Wildman–Crippen MR) is 184 cm³/mol. The number of benzene rings is 4. The first-order valence-electron chi connectivity index (χ1n) is 14.7. The molecule has 0 unspecified atom stereocenters. The van der Waals surface area contributed by atoms with Crippen LogP contribution in [0.5, 0.6) is 11.5 Å². The zero-order valence-corrected chi connectivity index (χ0v) is 27.3. The Labute approximate surface area is 275 Å². The summed E-state index contributed by atoms with van der Waals surface area (Å²) in [5, 5.41) is 5.60. The molecule has 46 heavy (non-hydrogen) atoms. The fraction of sp³-hybridized carbons (Fsp3) is 0.200. The molecule has 1 amide bonds. The number of nitrogens with zero attached hydrogens (tertiary/aromatic N) is 2. The molecule has 4 aromatic carbocycles. The van der Waals surface area contributed by atoms with Crippen molar-refractivity contribution in [1.82, 2.24) is 14.5 Å². The van der Waals surface area contributed by atoms with Crippen molar-refractivity contribution in [2.24, 2.45) is 0 Å². The van der Waals surface area contributed by atoms with Crippen molar-refractivity contribution in [3.63, 3.8) is 0 Å². The standard InChI is InChI=1S/C35H36N4O5S2/c1-43-31-19-13-26(25-32(31)44-2)14-20-33(40)37-35(45)36-29-15-17-30(18-16-29)46(41,42)39-23-21-38(22-24-39)34(27-9-5-3-6-10-27)28-11-7-4-8-12-28/h3-20,25,34H,21-24H2,1-2H3,(H2,36,37,40,45). The zero-order chi connectivity index (χ0) is 32.5. The van der Waals surface area contributed by atoms with E-state index in [1.54, 1.807) is 62.8 Å². The summed E-state index contributed by atoms with van der Waals surface area (Å²) in [6.07, 6.45) is 2.98. The fourth-order valence-electron chi connectivity index (χ4n) is 5.39. The molecule has 1 aliphatic rings. The van der Waals surface area contributed by atoms with E-state index in [2.05, 4.69) is 39.8 Å². The van der Waals surface area contributed by atoms with Gasteiger partial charge in [0, 0.05) is 37.9 Å². The van der Waals surface area contributed by atoms with E-state index in [4.69, 9.17) is 21.7 Å². The summed E-state index contributed by atoms with van der Waals surface area (Å²) in [5.74, 6) is 0.716. The zero-order valence-electron chi connectivity index (χ0n) is 25.6. The molecule has 1 fully saturated rings. The molecule has 1 heterocycles. The molecule has 0 bridgehead atoms. The lowest BCUT2D eigenvalue weighted by atomic mass is 9.96. The number of carbonyl (C=O) groups excluding carboxylic acids is 1. The summed E-state index contributed by atoms with van der Waals surface area (Å²) >= 11 is 5.28. The average Bonchev–Trinajstić information content (AvgIpc) is 3.08. The SMILES string of the molecule is COc1ccc(C=CC(=O)NC(=S)Nc2ccc(S(=O)(=O)N3CCN(C(c4ccccc4)c4ccccc4)CC3)cc2)cc1OC. The smallest absolute Gasteiger partial charge is 0.250 e. The number of carbonyl (C=O) groups is 1. The van der Waals surface area contributed by atoms with E-state index < -0.39 is 15.9 Å². The van der Waals surface area contributed by atoms with Gasteiger partial charge in [-0.15, -0.1) is 0 Å². The van der Waals surface area contributed by atoms with Crippen molar-refractivity contribution in [2.75, 3.05) is 45.7 Å². The lowest BCUT2D eigenvalue weighted by Crippen LogP contribution is -2.49. The minimum absolute atomic E-state index is 0.0448. The molecule has 11 heteroatoms. The molecule has 9 nitrogen and oxygen atoms in total. The van der Waals surface area contributed by atoms with Crippen LogP contribution in [-0.2, 0) is 14.8 Å². The van der Waals surface area contributed by atoms with Gasteiger partial charge in [-0.3, -0.25) is 15.0 Å². The number of nitrogens with one attached hydrogen (secondary N) is 2. The van der Waals surface area contributed by atoms with Crippen molar-refractivity contribution in [1.29, 1.82) is 0 Å². The summed E-state index contributed by atoms with van der Waals surface area (Å²) in [6.45, 7) is 1.96. The quantitative estimate of drug-likeness (QED) is 0.175. The van der Waals surface area contributed by atoms with Gasteiger partial charge < -0.3 is 14.8 Å². The molecule has 0 saturated carbocycles. The number of methoxy groups -OCH3 is 2. The minimum atomic E-state index is -3.70. The third-order valence-corrected chi connectivity index (χ3v) is 9.81. The molecule has 0 aliphatic carbocycles. The highest BCUT2D eigenvalue weighted by molar-refractivity contribution is 7.89. The van der Waals surface area contributed by atoms with Gasteiger partial charge in [-0.05, 0) is 71.4 Å². The van der Waals surface area contributed by atoms with Gasteiger partial charge in [0.1, 0.15) is 0 Å². The van der Waals surface area contributed by atoms with Crippen LogP contribution in [0.4, 0.5) is 5.69 Å². The molecule has 4 aromatic rings. The number of thiocarbonyl (C=S) groups is 1. The van der Waals surface area contributed by atoms with Crippen molar-refractivity contribution >= 4 is 45.0 Å². The molecule has 5 rings (SSSR count). The average molecular weight is 657 g/mol. The van der Waals surface area contributed by atoms with Gasteiger partial charge in [-0.25, -0.2) is 8.42 Å². The predicted octanol–water partition coefficient (Wildman–Crippen LogP) is 5.33. The lowest BCUT2D eigenvalue weighted by molar-refractivity contribution is -0.115. The maximum Gasteiger partial charge on any atom is 0.250 e. The van der Waals surface area contributed by atoms with Crippen LogP contribution in [0.3, 0.4) is 0 Å². The van der Waals surface area contributed by atoms with Gasteiger partial charge >= 0.3 is 0 Å².